The normalized spacial score (nSPS) is 24.3. The van der Waals surface area contributed by atoms with E-state index >= 15 is 0 Å². The van der Waals surface area contributed by atoms with E-state index < -0.39 is 0 Å². The molecule has 0 bridgehead atoms. The first kappa shape index (κ1) is 13.5. The van der Waals surface area contributed by atoms with Crippen LogP contribution in [-0.2, 0) is 11.3 Å². The number of hydrogen-bond donors (Lipinski definition) is 2. The van der Waals surface area contributed by atoms with Crippen molar-refractivity contribution in [1.29, 1.82) is 0 Å². The third-order valence-electron chi connectivity index (χ3n) is 3.04. The molecule has 2 N–H and O–H groups in total. The summed E-state index contributed by atoms with van der Waals surface area (Å²) >= 11 is 6.18. The summed E-state index contributed by atoms with van der Waals surface area (Å²) in [5.74, 6) is 0.670. The molecule has 1 aromatic rings. The highest BCUT2D eigenvalue weighted by Gasteiger charge is 2.27. The molecule has 2 unspecified atom stereocenters. The number of hydrogen-bond acceptors (Lipinski definition) is 5. The zero-order valence-corrected chi connectivity index (χ0v) is 11.0. The van der Waals surface area contributed by atoms with Crippen LogP contribution in [0.3, 0.4) is 0 Å². The van der Waals surface area contributed by atoms with Crippen LogP contribution in [0, 0.1) is 0 Å². The predicted molar refractivity (Wildman–Crippen MR) is 68.8 cm³/mol. The monoisotopic (exact) mass is 272 g/mol. The van der Waals surface area contributed by atoms with E-state index in [4.69, 9.17) is 26.6 Å². The lowest BCUT2D eigenvalue weighted by atomic mass is 10.2. The van der Waals surface area contributed by atoms with E-state index in [-0.39, 0.29) is 25.4 Å². The largest absolute Gasteiger partial charge is 0.394 e. The summed E-state index contributed by atoms with van der Waals surface area (Å²) in [5, 5.41) is 18.7. The van der Waals surface area contributed by atoms with Crippen LogP contribution in [0.2, 0.25) is 5.02 Å². The van der Waals surface area contributed by atoms with Crippen molar-refractivity contribution in [3.63, 3.8) is 0 Å². The summed E-state index contributed by atoms with van der Waals surface area (Å²) in [6, 6.07) is 1.86. The summed E-state index contributed by atoms with van der Waals surface area (Å²) in [5.41, 5.74) is 0.684. The molecule has 0 aliphatic carbocycles. The predicted octanol–water partition coefficient (Wildman–Crippen LogP) is 0.813. The number of ether oxygens (including phenoxy) is 1. The minimum atomic E-state index is -0.211. The van der Waals surface area contributed by atoms with Gasteiger partial charge < -0.3 is 19.8 Å². The standard InChI is InChI=1S/C12H17ClN2O3/c1-8-7-18-10(6-17)4-15(8)12-11(13)2-9(5-16)3-14-12/h2-3,8,10,16-17H,4-7H2,1H3. The first-order valence-electron chi connectivity index (χ1n) is 5.90. The van der Waals surface area contributed by atoms with Gasteiger partial charge in [0.25, 0.3) is 0 Å². The molecule has 0 saturated carbocycles. The fourth-order valence-corrected chi connectivity index (χ4v) is 2.29. The van der Waals surface area contributed by atoms with Crippen molar-refractivity contribution in [3.05, 3.63) is 22.8 Å². The van der Waals surface area contributed by atoms with Crippen LogP contribution in [0.15, 0.2) is 12.3 Å². The van der Waals surface area contributed by atoms with E-state index in [1.54, 1.807) is 12.3 Å². The average Bonchev–Trinajstić information content (AvgIpc) is 2.39. The van der Waals surface area contributed by atoms with Gasteiger partial charge in [-0.25, -0.2) is 4.98 Å². The molecule has 0 aromatic carbocycles. The molecule has 1 saturated heterocycles. The van der Waals surface area contributed by atoms with Crippen molar-refractivity contribution in [2.24, 2.45) is 0 Å². The van der Waals surface area contributed by atoms with E-state index in [1.165, 1.54) is 0 Å². The van der Waals surface area contributed by atoms with Crippen molar-refractivity contribution >= 4 is 17.4 Å². The smallest absolute Gasteiger partial charge is 0.147 e. The molecular formula is C12H17ClN2O3. The molecule has 0 spiro atoms. The zero-order chi connectivity index (χ0) is 13.1. The van der Waals surface area contributed by atoms with Crippen molar-refractivity contribution in [3.8, 4) is 0 Å². The molecule has 1 fully saturated rings. The molecule has 1 aliphatic heterocycles. The highest BCUT2D eigenvalue weighted by Crippen LogP contribution is 2.28. The maximum absolute atomic E-state index is 9.16. The Morgan fingerprint density at radius 3 is 2.94 bits per heavy atom. The summed E-state index contributed by atoms with van der Waals surface area (Å²) in [6.45, 7) is 3.01. The molecule has 0 radical (unpaired) electrons. The number of aromatic nitrogens is 1. The Labute approximate surface area is 111 Å². The van der Waals surface area contributed by atoms with Gasteiger partial charge in [-0.1, -0.05) is 11.6 Å². The molecular weight excluding hydrogens is 256 g/mol. The topological polar surface area (TPSA) is 65.8 Å². The van der Waals surface area contributed by atoms with Crippen LogP contribution in [0.4, 0.5) is 5.82 Å². The Morgan fingerprint density at radius 1 is 1.56 bits per heavy atom. The number of halogens is 1. The van der Waals surface area contributed by atoms with E-state index in [2.05, 4.69) is 4.98 Å². The maximum Gasteiger partial charge on any atom is 0.147 e. The van der Waals surface area contributed by atoms with Crippen molar-refractivity contribution < 1.29 is 14.9 Å². The first-order chi connectivity index (χ1) is 8.65. The molecule has 5 nitrogen and oxygen atoms in total. The minimum absolute atomic E-state index is 0.0183. The Balaban J connectivity index is 2.23. The number of pyridine rings is 1. The van der Waals surface area contributed by atoms with Gasteiger partial charge in [0, 0.05) is 12.7 Å². The second-order valence-electron chi connectivity index (χ2n) is 4.45. The quantitative estimate of drug-likeness (QED) is 0.853. The highest BCUT2D eigenvalue weighted by molar-refractivity contribution is 6.33. The van der Waals surface area contributed by atoms with Gasteiger partial charge in [-0.05, 0) is 18.6 Å². The number of rotatable bonds is 3. The average molecular weight is 273 g/mol. The molecule has 1 aliphatic rings. The number of anilines is 1. The van der Waals surface area contributed by atoms with Gasteiger partial charge in [0.15, 0.2) is 0 Å². The van der Waals surface area contributed by atoms with Crippen LogP contribution in [-0.4, -0.2) is 47.1 Å². The number of aliphatic hydroxyl groups excluding tert-OH is 2. The van der Waals surface area contributed by atoms with E-state index in [9.17, 15) is 0 Å². The molecule has 18 heavy (non-hydrogen) atoms. The molecule has 1 aromatic heterocycles. The Kier molecular flexibility index (Phi) is 4.40. The van der Waals surface area contributed by atoms with E-state index in [0.717, 1.165) is 0 Å². The molecule has 0 amide bonds. The lowest BCUT2D eigenvalue weighted by molar-refractivity contribution is -0.0105. The third-order valence-corrected chi connectivity index (χ3v) is 3.32. The van der Waals surface area contributed by atoms with Crippen LogP contribution in [0.5, 0.6) is 0 Å². The van der Waals surface area contributed by atoms with Crippen molar-refractivity contribution in [2.75, 3.05) is 24.7 Å². The Hall–Kier alpha value is -0.880. The second-order valence-corrected chi connectivity index (χ2v) is 4.85. The van der Waals surface area contributed by atoms with Crippen LogP contribution in [0.25, 0.3) is 0 Å². The van der Waals surface area contributed by atoms with Crippen molar-refractivity contribution in [2.45, 2.75) is 25.7 Å². The fourth-order valence-electron chi connectivity index (χ4n) is 1.99. The number of aliphatic hydroxyl groups is 2. The van der Waals surface area contributed by atoms with E-state index in [1.807, 2.05) is 11.8 Å². The SMILES string of the molecule is CC1COC(CO)CN1c1ncc(CO)cc1Cl. The van der Waals surface area contributed by atoms with Gasteiger partial charge in [-0.2, -0.15) is 0 Å². The molecule has 6 heteroatoms. The minimum Gasteiger partial charge on any atom is -0.394 e. The number of nitrogens with zero attached hydrogens (tertiary/aromatic N) is 2. The highest BCUT2D eigenvalue weighted by atomic mass is 35.5. The van der Waals surface area contributed by atoms with Gasteiger partial charge in [-0.3, -0.25) is 0 Å². The van der Waals surface area contributed by atoms with Gasteiger partial charge >= 0.3 is 0 Å². The maximum atomic E-state index is 9.16. The van der Waals surface area contributed by atoms with Crippen molar-refractivity contribution in [1.82, 2.24) is 4.98 Å². The lowest BCUT2D eigenvalue weighted by Gasteiger charge is -2.38. The summed E-state index contributed by atoms with van der Waals surface area (Å²) in [6.07, 6.45) is 1.40. The second kappa shape index (κ2) is 5.84. The summed E-state index contributed by atoms with van der Waals surface area (Å²) in [4.78, 5) is 6.31. The molecule has 2 rings (SSSR count). The fraction of sp³-hybridized carbons (Fsp3) is 0.583. The number of morpholine rings is 1. The first-order valence-corrected chi connectivity index (χ1v) is 6.28. The molecule has 2 heterocycles. The molecule has 2 atom stereocenters. The van der Waals surface area contributed by atoms with Gasteiger partial charge in [-0.15, -0.1) is 0 Å². The van der Waals surface area contributed by atoms with Gasteiger partial charge in [0.2, 0.25) is 0 Å². The van der Waals surface area contributed by atoms with Gasteiger partial charge in [0.1, 0.15) is 5.82 Å². The third kappa shape index (κ3) is 2.75. The van der Waals surface area contributed by atoms with E-state index in [0.29, 0.717) is 29.6 Å². The van der Waals surface area contributed by atoms with Gasteiger partial charge in [0.05, 0.1) is 37.0 Å². The van der Waals surface area contributed by atoms with Crippen LogP contribution >= 0.6 is 11.6 Å². The Morgan fingerprint density at radius 2 is 2.33 bits per heavy atom. The zero-order valence-electron chi connectivity index (χ0n) is 10.2. The Bertz CT molecular complexity index is 416. The summed E-state index contributed by atoms with van der Waals surface area (Å²) < 4.78 is 5.47. The summed E-state index contributed by atoms with van der Waals surface area (Å²) in [7, 11) is 0. The van der Waals surface area contributed by atoms with Crippen LogP contribution in [0.1, 0.15) is 12.5 Å². The van der Waals surface area contributed by atoms with Crippen LogP contribution < -0.4 is 4.90 Å². The lowest BCUT2D eigenvalue weighted by Crippen LogP contribution is -2.50. The molecule has 100 valence electrons.